The predicted octanol–water partition coefficient (Wildman–Crippen LogP) is 3.57. The van der Waals surface area contributed by atoms with Gasteiger partial charge >= 0.3 is 6.18 Å². The topological polar surface area (TPSA) is 62.1 Å². The maximum Gasteiger partial charge on any atom is 0.439 e. The first-order valence-electron chi connectivity index (χ1n) is 8.93. The lowest BCUT2D eigenvalue weighted by Crippen LogP contribution is -2.62. The van der Waals surface area contributed by atoms with E-state index in [0.717, 1.165) is 11.1 Å². The molecule has 1 fully saturated rings. The standard InChI is InChI=1S/C19H23F3N2O3/c1-11-4-5-16-15(9-11)18(26,19(20,21)22)24(23-16)17(25)10-27-14-7-12(2)6-13(3)8-14/h6-8,11,15,26H,4-5,9-10H2,1-3H3. The minimum atomic E-state index is -5.02. The summed E-state index contributed by atoms with van der Waals surface area (Å²) in [5.41, 5.74) is -1.27. The third kappa shape index (κ3) is 3.54. The zero-order chi connectivity index (χ0) is 20.0. The van der Waals surface area contributed by atoms with Crippen LogP contribution < -0.4 is 4.74 Å². The molecule has 0 spiro atoms. The molecule has 0 aromatic heterocycles. The zero-order valence-electron chi connectivity index (χ0n) is 15.5. The minimum Gasteiger partial charge on any atom is -0.484 e. The number of benzene rings is 1. The van der Waals surface area contributed by atoms with E-state index in [1.54, 1.807) is 12.1 Å². The van der Waals surface area contributed by atoms with Crippen molar-refractivity contribution in [3.8, 4) is 5.75 Å². The van der Waals surface area contributed by atoms with Gasteiger partial charge in [-0.1, -0.05) is 13.0 Å². The highest BCUT2D eigenvalue weighted by Crippen LogP contribution is 2.49. The van der Waals surface area contributed by atoms with Crippen LogP contribution in [0.1, 0.15) is 37.3 Å². The lowest BCUT2D eigenvalue weighted by molar-refractivity contribution is -0.318. The van der Waals surface area contributed by atoms with Gasteiger partial charge in [0.25, 0.3) is 11.6 Å². The molecule has 1 aliphatic carbocycles. The largest absolute Gasteiger partial charge is 0.484 e. The lowest BCUT2D eigenvalue weighted by atomic mass is 9.76. The number of carbonyl (C=O) groups excluding carboxylic acids is 1. The van der Waals surface area contributed by atoms with Crippen molar-refractivity contribution in [2.45, 2.75) is 51.9 Å². The van der Waals surface area contributed by atoms with Crippen molar-refractivity contribution in [3.05, 3.63) is 29.3 Å². The van der Waals surface area contributed by atoms with Gasteiger partial charge in [0.2, 0.25) is 0 Å². The summed E-state index contributed by atoms with van der Waals surface area (Å²) >= 11 is 0. The van der Waals surface area contributed by atoms with Crippen molar-refractivity contribution < 1.29 is 27.8 Å². The van der Waals surface area contributed by atoms with E-state index in [9.17, 15) is 23.1 Å². The maximum atomic E-state index is 13.8. The number of rotatable bonds is 3. The molecule has 27 heavy (non-hydrogen) atoms. The van der Waals surface area contributed by atoms with Gasteiger partial charge in [-0.25, -0.2) is 0 Å². The van der Waals surface area contributed by atoms with Crippen LogP contribution in [-0.2, 0) is 4.79 Å². The van der Waals surface area contributed by atoms with Gasteiger partial charge in [-0.05, 0) is 62.3 Å². The van der Waals surface area contributed by atoms with Crippen molar-refractivity contribution >= 4 is 11.6 Å². The van der Waals surface area contributed by atoms with E-state index in [2.05, 4.69) is 5.10 Å². The van der Waals surface area contributed by atoms with E-state index in [1.165, 1.54) is 0 Å². The molecule has 1 aromatic carbocycles. The quantitative estimate of drug-likeness (QED) is 0.867. The molecule has 1 amide bonds. The van der Waals surface area contributed by atoms with Gasteiger partial charge in [-0.3, -0.25) is 4.79 Å². The van der Waals surface area contributed by atoms with Gasteiger partial charge in [-0.2, -0.15) is 23.3 Å². The fraction of sp³-hybridized carbons (Fsp3) is 0.579. The number of amides is 1. The predicted molar refractivity (Wildman–Crippen MR) is 93.2 cm³/mol. The van der Waals surface area contributed by atoms with Gasteiger partial charge in [0.05, 0.1) is 5.92 Å². The van der Waals surface area contributed by atoms with E-state index in [1.807, 2.05) is 26.8 Å². The van der Waals surface area contributed by atoms with Crippen LogP contribution in [0, 0.1) is 25.7 Å². The van der Waals surface area contributed by atoms with Crippen LogP contribution in [0.25, 0.3) is 0 Å². The van der Waals surface area contributed by atoms with E-state index >= 15 is 0 Å². The fourth-order valence-corrected chi connectivity index (χ4v) is 3.88. The Kier molecular flexibility index (Phi) is 4.96. The van der Waals surface area contributed by atoms with Crippen LogP contribution in [0.2, 0.25) is 0 Å². The highest BCUT2D eigenvalue weighted by atomic mass is 19.4. The average molecular weight is 384 g/mol. The van der Waals surface area contributed by atoms with Crippen molar-refractivity contribution in [1.29, 1.82) is 0 Å². The Bertz CT molecular complexity index is 758. The molecule has 1 aromatic rings. The lowest BCUT2D eigenvalue weighted by Gasteiger charge is -2.39. The molecule has 2 aliphatic rings. The Hall–Kier alpha value is -2.09. The van der Waals surface area contributed by atoms with Gasteiger partial charge in [0.1, 0.15) is 5.75 Å². The summed E-state index contributed by atoms with van der Waals surface area (Å²) in [6.07, 6.45) is -3.86. The number of ether oxygens (including phenoxy) is 1. The smallest absolute Gasteiger partial charge is 0.439 e. The van der Waals surface area contributed by atoms with Crippen LogP contribution in [0.5, 0.6) is 5.75 Å². The number of aliphatic hydroxyl groups is 1. The number of hydrogen-bond acceptors (Lipinski definition) is 4. The van der Waals surface area contributed by atoms with Crippen LogP contribution in [0.3, 0.4) is 0 Å². The SMILES string of the molecule is Cc1cc(C)cc(OCC(=O)N2N=C3CCC(C)CC3C2(O)C(F)(F)F)c1. The van der Waals surface area contributed by atoms with Gasteiger partial charge in [-0.15, -0.1) is 0 Å². The van der Waals surface area contributed by atoms with Crippen LogP contribution in [0.15, 0.2) is 23.3 Å². The third-order valence-corrected chi connectivity index (χ3v) is 5.18. The number of alkyl halides is 3. The van der Waals surface area contributed by atoms with Gasteiger partial charge < -0.3 is 9.84 Å². The molecule has 1 N–H and O–H groups in total. The number of hydrogen-bond donors (Lipinski definition) is 1. The second kappa shape index (κ2) is 6.82. The van der Waals surface area contributed by atoms with Crippen molar-refractivity contribution in [2.75, 3.05) is 6.61 Å². The number of nitrogens with zero attached hydrogens (tertiary/aromatic N) is 2. The van der Waals surface area contributed by atoms with Crippen molar-refractivity contribution in [2.24, 2.45) is 16.9 Å². The molecule has 1 aliphatic heterocycles. The zero-order valence-corrected chi connectivity index (χ0v) is 15.5. The van der Waals surface area contributed by atoms with E-state index < -0.39 is 30.3 Å². The summed E-state index contributed by atoms with van der Waals surface area (Å²) in [6.45, 7) is 4.90. The molecule has 3 atom stereocenters. The normalized spacial score (nSPS) is 28.0. The molecular formula is C19H23F3N2O3. The monoisotopic (exact) mass is 384 g/mol. The second-order valence-electron chi connectivity index (χ2n) is 7.57. The van der Waals surface area contributed by atoms with Gasteiger partial charge in [0, 0.05) is 5.71 Å². The molecule has 0 radical (unpaired) electrons. The van der Waals surface area contributed by atoms with E-state index in [4.69, 9.17) is 4.74 Å². The van der Waals surface area contributed by atoms with Gasteiger partial charge in [0.15, 0.2) is 6.61 Å². The molecule has 148 valence electrons. The Balaban J connectivity index is 1.82. The molecule has 3 rings (SSSR count). The number of fused-ring (bicyclic) bond motifs is 1. The summed E-state index contributed by atoms with van der Waals surface area (Å²) < 4.78 is 46.7. The molecular weight excluding hydrogens is 361 g/mol. The van der Waals surface area contributed by atoms with E-state index in [0.29, 0.717) is 18.6 Å². The number of halogens is 3. The summed E-state index contributed by atoms with van der Waals surface area (Å²) in [7, 11) is 0. The molecule has 5 nitrogen and oxygen atoms in total. The third-order valence-electron chi connectivity index (χ3n) is 5.18. The number of aryl methyl sites for hydroxylation is 2. The Morgan fingerprint density at radius 2 is 1.96 bits per heavy atom. The highest BCUT2D eigenvalue weighted by molar-refractivity contribution is 5.93. The molecule has 3 unspecified atom stereocenters. The van der Waals surface area contributed by atoms with E-state index in [-0.39, 0.29) is 23.1 Å². The summed E-state index contributed by atoms with van der Waals surface area (Å²) in [5, 5.41) is 14.6. The Morgan fingerprint density at radius 1 is 1.33 bits per heavy atom. The summed E-state index contributed by atoms with van der Waals surface area (Å²) in [6, 6.07) is 5.29. The Morgan fingerprint density at radius 3 is 2.56 bits per heavy atom. The molecule has 1 heterocycles. The first-order chi connectivity index (χ1) is 12.5. The molecule has 0 saturated heterocycles. The fourth-order valence-electron chi connectivity index (χ4n) is 3.88. The number of carbonyl (C=O) groups is 1. The molecule has 1 saturated carbocycles. The molecule has 0 bridgehead atoms. The van der Waals surface area contributed by atoms with Crippen molar-refractivity contribution in [3.63, 3.8) is 0 Å². The molecule has 8 heteroatoms. The van der Waals surface area contributed by atoms with Crippen molar-refractivity contribution in [1.82, 2.24) is 5.01 Å². The highest BCUT2D eigenvalue weighted by Gasteiger charge is 2.68. The number of hydrazone groups is 1. The van der Waals surface area contributed by atoms with Crippen LogP contribution >= 0.6 is 0 Å². The summed E-state index contributed by atoms with van der Waals surface area (Å²) in [5.74, 6) is -1.85. The first kappa shape index (κ1) is 19.7. The summed E-state index contributed by atoms with van der Waals surface area (Å²) in [4.78, 5) is 12.5. The minimum absolute atomic E-state index is 0.0180. The van der Waals surface area contributed by atoms with Crippen LogP contribution in [0.4, 0.5) is 13.2 Å². The Labute approximate surface area is 155 Å². The second-order valence-corrected chi connectivity index (χ2v) is 7.57. The average Bonchev–Trinajstić information content (AvgIpc) is 2.85. The first-order valence-corrected chi connectivity index (χ1v) is 8.93. The maximum absolute atomic E-state index is 13.8. The van der Waals surface area contributed by atoms with Crippen LogP contribution in [-0.4, -0.2) is 40.2 Å².